The number of hydrogen-bond donors (Lipinski definition) is 0. The fraction of sp³-hybridized carbons (Fsp3) is 0.0698. The SMILES string of the molecule is CC1(C)c2ccccc2-c2ccc(-c3ccc4c(c3)c3c5ccc6c(Br)ccc7ccc(cc3n4-c3ccccc3)c5c76)cc21. The highest BCUT2D eigenvalue weighted by Crippen LogP contribution is 2.50. The molecule has 0 N–H and O–H groups in total. The minimum atomic E-state index is -0.0315. The highest BCUT2D eigenvalue weighted by Gasteiger charge is 2.35. The van der Waals surface area contributed by atoms with Crippen LogP contribution in [0.4, 0.5) is 0 Å². The van der Waals surface area contributed by atoms with Crippen molar-refractivity contribution in [3.63, 3.8) is 0 Å². The molecule has 9 aromatic rings. The molecule has 2 heteroatoms. The summed E-state index contributed by atoms with van der Waals surface area (Å²) in [5.41, 5.74) is 11.7. The molecular formula is C43H28BrN. The van der Waals surface area contributed by atoms with Crippen molar-refractivity contribution in [2.24, 2.45) is 0 Å². The molecule has 10 rings (SSSR count). The second kappa shape index (κ2) is 8.84. The molecule has 1 aliphatic rings. The van der Waals surface area contributed by atoms with Gasteiger partial charge in [0, 0.05) is 26.3 Å². The zero-order chi connectivity index (χ0) is 30.0. The zero-order valence-electron chi connectivity index (χ0n) is 25.0. The molecule has 0 unspecified atom stereocenters. The molecule has 212 valence electrons. The first-order valence-corrected chi connectivity index (χ1v) is 16.4. The quantitative estimate of drug-likeness (QED) is 0.166. The van der Waals surface area contributed by atoms with Crippen LogP contribution < -0.4 is 0 Å². The van der Waals surface area contributed by atoms with Crippen LogP contribution in [0.15, 0.2) is 138 Å². The highest BCUT2D eigenvalue weighted by molar-refractivity contribution is 9.10. The van der Waals surface area contributed by atoms with Gasteiger partial charge in [-0.15, -0.1) is 0 Å². The molecule has 0 radical (unpaired) electrons. The van der Waals surface area contributed by atoms with Crippen LogP contribution in [-0.2, 0) is 5.41 Å². The van der Waals surface area contributed by atoms with Gasteiger partial charge in [0.2, 0.25) is 0 Å². The first-order chi connectivity index (χ1) is 22.0. The van der Waals surface area contributed by atoms with E-state index < -0.39 is 0 Å². The van der Waals surface area contributed by atoms with Crippen LogP contribution in [0.5, 0.6) is 0 Å². The number of aromatic nitrogens is 1. The van der Waals surface area contributed by atoms with E-state index in [0.717, 1.165) is 4.47 Å². The van der Waals surface area contributed by atoms with Crippen LogP contribution in [0.2, 0.25) is 0 Å². The number of fused-ring (bicyclic) bond motifs is 7. The van der Waals surface area contributed by atoms with Gasteiger partial charge in [0.15, 0.2) is 0 Å². The summed E-state index contributed by atoms with van der Waals surface area (Å²) in [5, 5.41) is 10.4. The predicted octanol–water partition coefficient (Wildman–Crippen LogP) is 12.4. The molecule has 0 aliphatic heterocycles. The van der Waals surface area contributed by atoms with Crippen molar-refractivity contribution in [1.82, 2.24) is 4.57 Å². The van der Waals surface area contributed by atoms with Crippen molar-refractivity contribution >= 4 is 70.1 Å². The van der Waals surface area contributed by atoms with Crippen LogP contribution in [-0.4, -0.2) is 4.57 Å². The van der Waals surface area contributed by atoms with Crippen molar-refractivity contribution in [3.05, 3.63) is 149 Å². The third kappa shape index (κ3) is 3.33. The van der Waals surface area contributed by atoms with Crippen molar-refractivity contribution in [2.45, 2.75) is 19.3 Å². The third-order valence-corrected chi connectivity index (χ3v) is 11.1. The van der Waals surface area contributed by atoms with E-state index >= 15 is 0 Å². The molecule has 8 aromatic carbocycles. The lowest BCUT2D eigenvalue weighted by Gasteiger charge is -2.22. The Bertz CT molecular complexity index is 2680. The zero-order valence-corrected chi connectivity index (χ0v) is 26.6. The molecule has 0 saturated carbocycles. The van der Waals surface area contributed by atoms with E-state index in [0.29, 0.717) is 0 Å². The van der Waals surface area contributed by atoms with Gasteiger partial charge in [-0.2, -0.15) is 0 Å². The van der Waals surface area contributed by atoms with E-state index in [1.807, 2.05) is 0 Å². The smallest absolute Gasteiger partial charge is 0.0553 e. The number of halogens is 1. The van der Waals surface area contributed by atoms with E-state index in [2.05, 4.69) is 168 Å². The molecule has 0 spiro atoms. The highest BCUT2D eigenvalue weighted by atomic mass is 79.9. The van der Waals surface area contributed by atoms with Gasteiger partial charge in [0.1, 0.15) is 0 Å². The van der Waals surface area contributed by atoms with Crippen molar-refractivity contribution in [3.8, 4) is 27.9 Å². The van der Waals surface area contributed by atoms with Crippen LogP contribution in [0.1, 0.15) is 25.0 Å². The Morgan fingerprint density at radius 1 is 0.489 bits per heavy atom. The van der Waals surface area contributed by atoms with Crippen LogP contribution >= 0.6 is 15.9 Å². The first-order valence-electron chi connectivity index (χ1n) is 15.6. The topological polar surface area (TPSA) is 4.93 Å². The Balaban J connectivity index is 1.30. The van der Waals surface area contributed by atoms with Crippen LogP contribution in [0.25, 0.3) is 82.1 Å². The monoisotopic (exact) mass is 637 g/mol. The predicted molar refractivity (Wildman–Crippen MR) is 195 cm³/mol. The molecule has 0 atom stereocenters. The van der Waals surface area contributed by atoms with Crippen molar-refractivity contribution in [1.29, 1.82) is 0 Å². The van der Waals surface area contributed by atoms with Gasteiger partial charge in [0.05, 0.1) is 11.0 Å². The Kier molecular flexibility index (Phi) is 4.99. The summed E-state index contributed by atoms with van der Waals surface area (Å²) in [6, 6.07) is 49.8. The van der Waals surface area contributed by atoms with E-state index in [9.17, 15) is 0 Å². The summed E-state index contributed by atoms with van der Waals surface area (Å²) in [5.74, 6) is 0. The molecule has 1 aliphatic carbocycles. The van der Waals surface area contributed by atoms with Gasteiger partial charge in [-0.3, -0.25) is 0 Å². The maximum Gasteiger partial charge on any atom is 0.0553 e. The number of benzene rings is 8. The summed E-state index contributed by atoms with van der Waals surface area (Å²) in [7, 11) is 0. The molecular weight excluding hydrogens is 610 g/mol. The Morgan fingerprint density at radius 2 is 1.18 bits per heavy atom. The molecule has 45 heavy (non-hydrogen) atoms. The summed E-state index contributed by atoms with van der Waals surface area (Å²) < 4.78 is 3.58. The van der Waals surface area contributed by atoms with Crippen molar-refractivity contribution < 1.29 is 0 Å². The fourth-order valence-electron chi connectivity index (χ4n) is 8.26. The summed E-state index contributed by atoms with van der Waals surface area (Å²) in [4.78, 5) is 0. The normalized spacial score (nSPS) is 13.8. The van der Waals surface area contributed by atoms with E-state index in [1.165, 1.54) is 93.2 Å². The molecule has 1 heterocycles. The molecule has 0 fully saturated rings. The largest absolute Gasteiger partial charge is 0.309 e. The van der Waals surface area contributed by atoms with Gasteiger partial charge in [0.25, 0.3) is 0 Å². The maximum absolute atomic E-state index is 3.84. The number of hydrogen-bond acceptors (Lipinski definition) is 0. The average Bonchev–Trinajstić information content (AvgIpc) is 3.52. The second-order valence-electron chi connectivity index (χ2n) is 13.1. The fourth-order valence-corrected chi connectivity index (χ4v) is 8.73. The summed E-state index contributed by atoms with van der Waals surface area (Å²) in [6.45, 7) is 4.72. The lowest BCUT2D eigenvalue weighted by Crippen LogP contribution is -2.14. The minimum absolute atomic E-state index is 0.0315. The van der Waals surface area contributed by atoms with E-state index in [4.69, 9.17) is 0 Å². The second-order valence-corrected chi connectivity index (χ2v) is 13.9. The number of rotatable bonds is 2. The maximum atomic E-state index is 3.84. The molecule has 0 bridgehead atoms. The van der Waals surface area contributed by atoms with Crippen molar-refractivity contribution in [2.75, 3.05) is 0 Å². The van der Waals surface area contributed by atoms with Gasteiger partial charge >= 0.3 is 0 Å². The molecule has 0 amide bonds. The van der Waals surface area contributed by atoms with Gasteiger partial charge < -0.3 is 4.57 Å². The average molecular weight is 639 g/mol. The standard InChI is InChI=1S/C43H28BrN/c1-43(2)35-11-7-6-10-30(35)31-17-14-27(23-36(31)43)26-16-21-38-34(22-26)42-33-19-18-32-37(44)20-15-25-12-13-28(41(33)40(25)32)24-39(42)45(38)29-8-4-3-5-9-29/h3-24H,1-2H3. The Morgan fingerprint density at radius 3 is 2.07 bits per heavy atom. The number of nitrogens with zero attached hydrogens (tertiary/aromatic N) is 1. The minimum Gasteiger partial charge on any atom is -0.309 e. The molecule has 0 saturated heterocycles. The van der Waals surface area contributed by atoms with Gasteiger partial charge in [-0.1, -0.05) is 121 Å². The first kappa shape index (κ1) is 25.4. The Hall–Kier alpha value is -4.92. The third-order valence-electron chi connectivity index (χ3n) is 10.4. The van der Waals surface area contributed by atoms with Gasteiger partial charge in [-0.25, -0.2) is 0 Å². The number of para-hydroxylation sites is 1. The van der Waals surface area contributed by atoms with E-state index in [1.54, 1.807) is 0 Å². The molecule has 1 nitrogen and oxygen atoms in total. The molecule has 1 aromatic heterocycles. The summed E-state index contributed by atoms with van der Waals surface area (Å²) in [6.07, 6.45) is 0. The van der Waals surface area contributed by atoms with Crippen LogP contribution in [0, 0.1) is 0 Å². The van der Waals surface area contributed by atoms with Crippen LogP contribution in [0.3, 0.4) is 0 Å². The van der Waals surface area contributed by atoms with Gasteiger partial charge in [-0.05, 0) is 108 Å². The lowest BCUT2D eigenvalue weighted by molar-refractivity contribution is 0.660. The lowest BCUT2D eigenvalue weighted by atomic mass is 9.81. The van der Waals surface area contributed by atoms with E-state index in [-0.39, 0.29) is 5.41 Å². The summed E-state index contributed by atoms with van der Waals surface area (Å²) >= 11 is 3.84. The Labute approximate surface area is 269 Å².